The van der Waals surface area contributed by atoms with Crippen LogP contribution in [0.25, 0.3) is 0 Å². The minimum atomic E-state index is -0.662. The van der Waals surface area contributed by atoms with Crippen LogP contribution < -0.4 is 15.2 Å². The first-order valence-corrected chi connectivity index (χ1v) is 6.00. The first kappa shape index (κ1) is 13.2. The topological polar surface area (TPSA) is 64.7 Å². The molecule has 0 aliphatic rings. The number of nitrogens with two attached hydrogens (primary N) is 1. The van der Waals surface area contributed by atoms with Gasteiger partial charge in [0.15, 0.2) is 0 Å². The van der Waals surface area contributed by atoms with Crippen LogP contribution in [-0.4, -0.2) is 18.8 Å². The van der Waals surface area contributed by atoms with Crippen molar-refractivity contribution in [2.45, 2.75) is 6.10 Å². The highest BCUT2D eigenvalue weighted by Crippen LogP contribution is 2.26. The molecule has 0 heterocycles. The molecule has 0 bridgehead atoms. The Labute approximate surface area is 112 Å². The Balaban J connectivity index is 1.97. The lowest BCUT2D eigenvalue weighted by Crippen LogP contribution is -2.09. The number of aliphatic hydroxyl groups excluding tert-OH is 1. The summed E-state index contributed by atoms with van der Waals surface area (Å²) < 4.78 is 10.6. The maximum absolute atomic E-state index is 9.97. The highest BCUT2D eigenvalue weighted by molar-refractivity contribution is 5.56. The van der Waals surface area contributed by atoms with Gasteiger partial charge in [0, 0.05) is 6.07 Å². The highest BCUT2D eigenvalue weighted by atomic mass is 16.5. The fourth-order valence-corrected chi connectivity index (χ4v) is 1.75. The number of nitrogen functional groups attached to an aromatic ring is 1. The third kappa shape index (κ3) is 3.39. The Morgan fingerprint density at radius 3 is 2.53 bits per heavy atom. The van der Waals surface area contributed by atoms with E-state index in [1.54, 1.807) is 25.3 Å². The smallest absolute Gasteiger partial charge is 0.142 e. The molecule has 3 N–H and O–H groups in total. The van der Waals surface area contributed by atoms with Gasteiger partial charge in [-0.3, -0.25) is 0 Å². The lowest BCUT2D eigenvalue weighted by molar-refractivity contribution is 0.108. The van der Waals surface area contributed by atoms with E-state index < -0.39 is 6.10 Å². The van der Waals surface area contributed by atoms with E-state index >= 15 is 0 Å². The predicted octanol–water partition coefficient (Wildman–Crippen LogP) is 2.39. The van der Waals surface area contributed by atoms with E-state index in [2.05, 4.69) is 0 Å². The van der Waals surface area contributed by atoms with Gasteiger partial charge in [-0.1, -0.05) is 30.3 Å². The summed E-state index contributed by atoms with van der Waals surface area (Å²) in [5.41, 5.74) is 7.11. The Morgan fingerprint density at radius 2 is 1.89 bits per heavy atom. The van der Waals surface area contributed by atoms with Crippen molar-refractivity contribution in [1.29, 1.82) is 0 Å². The number of anilines is 1. The van der Waals surface area contributed by atoms with Crippen LogP contribution in [0.15, 0.2) is 48.5 Å². The molecule has 0 aromatic heterocycles. The third-order valence-corrected chi connectivity index (χ3v) is 2.79. The molecule has 0 saturated carbocycles. The molecule has 2 rings (SSSR count). The average molecular weight is 259 g/mol. The summed E-state index contributed by atoms with van der Waals surface area (Å²) in [5, 5.41) is 9.97. The first-order chi connectivity index (χ1) is 9.20. The van der Waals surface area contributed by atoms with E-state index in [9.17, 15) is 5.11 Å². The minimum Gasteiger partial charge on any atom is -0.495 e. The molecule has 0 spiro atoms. The molecule has 4 heteroatoms. The number of methoxy groups -OCH3 is 1. The van der Waals surface area contributed by atoms with E-state index in [1.807, 2.05) is 30.3 Å². The molecule has 2 aromatic carbocycles. The molecular weight excluding hydrogens is 242 g/mol. The normalized spacial score (nSPS) is 11.9. The van der Waals surface area contributed by atoms with Gasteiger partial charge in [-0.25, -0.2) is 0 Å². The lowest BCUT2D eigenvalue weighted by atomic mass is 10.1. The highest BCUT2D eigenvalue weighted by Gasteiger charge is 2.08. The molecular formula is C15H17NO3. The van der Waals surface area contributed by atoms with E-state index in [4.69, 9.17) is 15.2 Å². The molecule has 0 radical (unpaired) electrons. The van der Waals surface area contributed by atoms with Crippen LogP contribution in [0, 0.1) is 0 Å². The third-order valence-electron chi connectivity index (χ3n) is 2.79. The molecule has 0 aliphatic carbocycles. The molecule has 0 saturated heterocycles. The molecule has 1 unspecified atom stereocenters. The predicted molar refractivity (Wildman–Crippen MR) is 74.3 cm³/mol. The Kier molecular flexibility index (Phi) is 4.26. The van der Waals surface area contributed by atoms with Crippen molar-refractivity contribution in [2.24, 2.45) is 0 Å². The van der Waals surface area contributed by atoms with Crippen LogP contribution >= 0.6 is 0 Å². The van der Waals surface area contributed by atoms with Crippen LogP contribution in [0.5, 0.6) is 11.5 Å². The second kappa shape index (κ2) is 6.11. The van der Waals surface area contributed by atoms with Gasteiger partial charge in [-0.2, -0.15) is 0 Å². The second-order valence-corrected chi connectivity index (χ2v) is 4.14. The van der Waals surface area contributed by atoms with E-state index in [0.717, 1.165) is 5.56 Å². The van der Waals surface area contributed by atoms with Crippen molar-refractivity contribution in [2.75, 3.05) is 19.5 Å². The van der Waals surface area contributed by atoms with Crippen molar-refractivity contribution in [3.05, 3.63) is 54.1 Å². The second-order valence-electron chi connectivity index (χ2n) is 4.14. The SMILES string of the molecule is COc1ccc(OCC(O)c2ccccc2)cc1N. The number of hydrogen-bond donors (Lipinski definition) is 2. The maximum Gasteiger partial charge on any atom is 0.142 e. The first-order valence-electron chi connectivity index (χ1n) is 6.00. The largest absolute Gasteiger partial charge is 0.495 e. The molecule has 1 atom stereocenters. The van der Waals surface area contributed by atoms with Gasteiger partial charge in [0.2, 0.25) is 0 Å². The van der Waals surface area contributed by atoms with Crippen LogP contribution in [0.4, 0.5) is 5.69 Å². The zero-order chi connectivity index (χ0) is 13.7. The van der Waals surface area contributed by atoms with Crippen molar-refractivity contribution < 1.29 is 14.6 Å². The summed E-state index contributed by atoms with van der Waals surface area (Å²) in [6.45, 7) is 0.176. The van der Waals surface area contributed by atoms with Gasteiger partial charge in [0.25, 0.3) is 0 Å². The quantitative estimate of drug-likeness (QED) is 0.809. The summed E-state index contributed by atoms with van der Waals surface area (Å²) in [4.78, 5) is 0. The zero-order valence-electron chi connectivity index (χ0n) is 10.7. The van der Waals surface area contributed by atoms with Crippen molar-refractivity contribution in [3.63, 3.8) is 0 Å². The van der Waals surface area contributed by atoms with Gasteiger partial charge < -0.3 is 20.3 Å². The molecule has 19 heavy (non-hydrogen) atoms. The number of aliphatic hydroxyl groups is 1. The monoisotopic (exact) mass is 259 g/mol. The van der Waals surface area contributed by atoms with Crippen molar-refractivity contribution in [1.82, 2.24) is 0 Å². The molecule has 100 valence electrons. The van der Waals surface area contributed by atoms with Crippen molar-refractivity contribution in [3.8, 4) is 11.5 Å². The average Bonchev–Trinajstić information content (AvgIpc) is 2.46. The summed E-state index contributed by atoms with van der Waals surface area (Å²) in [6.07, 6.45) is -0.662. The summed E-state index contributed by atoms with van der Waals surface area (Å²) in [6, 6.07) is 14.5. The van der Waals surface area contributed by atoms with Crippen LogP contribution in [-0.2, 0) is 0 Å². The lowest BCUT2D eigenvalue weighted by Gasteiger charge is -2.13. The Bertz CT molecular complexity index is 528. The van der Waals surface area contributed by atoms with Gasteiger partial charge in [0.1, 0.15) is 24.2 Å². The zero-order valence-corrected chi connectivity index (χ0v) is 10.7. The number of hydrogen-bond acceptors (Lipinski definition) is 4. The Morgan fingerprint density at radius 1 is 1.16 bits per heavy atom. The molecule has 0 aliphatic heterocycles. The van der Waals surface area contributed by atoms with E-state index in [1.165, 1.54) is 0 Å². The number of rotatable bonds is 5. The minimum absolute atomic E-state index is 0.176. The van der Waals surface area contributed by atoms with Gasteiger partial charge >= 0.3 is 0 Å². The fraction of sp³-hybridized carbons (Fsp3) is 0.200. The van der Waals surface area contributed by atoms with Gasteiger partial charge in [-0.15, -0.1) is 0 Å². The summed E-state index contributed by atoms with van der Waals surface area (Å²) in [5.74, 6) is 1.21. The number of ether oxygens (including phenoxy) is 2. The molecule has 0 fully saturated rings. The number of benzene rings is 2. The molecule has 2 aromatic rings. The van der Waals surface area contributed by atoms with Gasteiger partial charge in [-0.05, 0) is 17.7 Å². The summed E-state index contributed by atoms with van der Waals surface area (Å²) in [7, 11) is 1.56. The maximum atomic E-state index is 9.97. The van der Waals surface area contributed by atoms with E-state index in [-0.39, 0.29) is 6.61 Å². The standard InChI is InChI=1S/C15H17NO3/c1-18-15-8-7-12(9-13(15)16)19-10-14(17)11-5-3-2-4-6-11/h2-9,14,17H,10,16H2,1H3. The van der Waals surface area contributed by atoms with Crippen LogP contribution in [0.1, 0.15) is 11.7 Å². The van der Waals surface area contributed by atoms with E-state index in [0.29, 0.717) is 17.2 Å². The van der Waals surface area contributed by atoms with Crippen LogP contribution in [0.2, 0.25) is 0 Å². The fourth-order valence-electron chi connectivity index (χ4n) is 1.75. The Hall–Kier alpha value is -2.20. The van der Waals surface area contributed by atoms with Crippen molar-refractivity contribution >= 4 is 5.69 Å². The van der Waals surface area contributed by atoms with Gasteiger partial charge in [0.05, 0.1) is 12.8 Å². The van der Waals surface area contributed by atoms with Crippen LogP contribution in [0.3, 0.4) is 0 Å². The molecule has 0 amide bonds. The molecule has 4 nitrogen and oxygen atoms in total. The summed E-state index contributed by atoms with van der Waals surface area (Å²) >= 11 is 0.